The molecule has 1 aliphatic heterocycles. The van der Waals surface area contributed by atoms with Gasteiger partial charge in [-0.2, -0.15) is 0 Å². The van der Waals surface area contributed by atoms with Crippen LogP contribution in [0.25, 0.3) is 0 Å². The third-order valence-electron chi connectivity index (χ3n) is 4.75. The van der Waals surface area contributed by atoms with Crippen molar-refractivity contribution in [2.75, 3.05) is 26.2 Å². The van der Waals surface area contributed by atoms with Crippen LogP contribution in [0.3, 0.4) is 0 Å². The van der Waals surface area contributed by atoms with E-state index in [1.54, 1.807) is 23.6 Å². The molecule has 1 N–H and O–H groups in total. The number of benzene rings is 2. The van der Waals surface area contributed by atoms with Crippen molar-refractivity contribution in [3.63, 3.8) is 0 Å². The second-order valence-electron chi connectivity index (χ2n) is 7.05. The smallest absolute Gasteiger partial charge is 0.231 e. The van der Waals surface area contributed by atoms with E-state index in [-0.39, 0.29) is 6.79 Å². The van der Waals surface area contributed by atoms with Crippen LogP contribution in [0.1, 0.15) is 17.5 Å². The van der Waals surface area contributed by atoms with Crippen molar-refractivity contribution >= 4 is 27.7 Å². The number of thioether (sulfide) groups is 1. The largest absolute Gasteiger partial charge is 0.493 e. The molecule has 11 heteroatoms. The van der Waals surface area contributed by atoms with Gasteiger partial charge in [-0.3, -0.25) is 0 Å². The molecule has 2 heterocycles. The number of aryl methyl sites for hydroxylation is 1. The molecule has 0 unspecified atom stereocenters. The lowest BCUT2D eigenvalue weighted by Gasteiger charge is -2.15. The van der Waals surface area contributed by atoms with Gasteiger partial charge in [-0.05, 0) is 74.7 Å². The molecule has 0 amide bonds. The zero-order valence-electron chi connectivity index (χ0n) is 17.8. The number of fused-ring (bicyclic) bond motifs is 1. The van der Waals surface area contributed by atoms with E-state index in [0.29, 0.717) is 18.1 Å². The van der Waals surface area contributed by atoms with Gasteiger partial charge in [-0.25, -0.2) is 4.68 Å². The molecule has 170 valence electrons. The van der Waals surface area contributed by atoms with Crippen molar-refractivity contribution < 1.29 is 18.9 Å². The first-order valence-electron chi connectivity index (χ1n) is 10.1. The number of hydrogen-bond acceptors (Lipinski definition) is 9. The highest BCUT2D eigenvalue weighted by Gasteiger charge is 2.15. The summed E-state index contributed by atoms with van der Waals surface area (Å²) in [6.45, 7) is 2.27. The zero-order chi connectivity index (χ0) is 22.3. The van der Waals surface area contributed by atoms with Gasteiger partial charge < -0.3 is 24.3 Å². The fourth-order valence-corrected chi connectivity index (χ4v) is 4.53. The van der Waals surface area contributed by atoms with Crippen LogP contribution in [-0.2, 0) is 20.2 Å². The lowest BCUT2D eigenvalue weighted by atomic mass is 10.2. The molecule has 0 fully saturated rings. The number of halogens is 1. The molecule has 0 atom stereocenters. The number of aromatic nitrogens is 4. The van der Waals surface area contributed by atoms with Crippen molar-refractivity contribution in [3.05, 3.63) is 45.9 Å². The predicted octanol–water partition coefficient (Wildman–Crippen LogP) is 3.56. The summed E-state index contributed by atoms with van der Waals surface area (Å²) < 4.78 is 24.9. The fourth-order valence-electron chi connectivity index (χ4n) is 3.14. The number of tetrazole rings is 1. The highest BCUT2D eigenvalue weighted by atomic mass is 79.9. The lowest BCUT2D eigenvalue weighted by Crippen LogP contribution is -2.15. The third kappa shape index (κ3) is 5.64. The van der Waals surface area contributed by atoms with Crippen LogP contribution in [0.2, 0.25) is 0 Å². The lowest BCUT2D eigenvalue weighted by molar-refractivity contribution is 0.174. The van der Waals surface area contributed by atoms with Gasteiger partial charge in [0.15, 0.2) is 23.0 Å². The van der Waals surface area contributed by atoms with Gasteiger partial charge in [-0.15, -0.1) is 5.10 Å². The number of nitrogens with one attached hydrogen (secondary N) is 1. The Bertz CT molecular complexity index is 1060. The van der Waals surface area contributed by atoms with Crippen LogP contribution in [0.5, 0.6) is 23.0 Å². The van der Waals surface area contributed by atoms with E-state index in [0.717, 1.165) is 57.5 Å². The number of rotatable bonds is 11. The van der Waals surface area contributed by atoms with Crippen molar-refractivity contribution in [3.8, 4) is 23.0 Å². The minimum Gasteiger partial charge on any atom is -0.493 e. The monoisotopic (exact) mass is 521 g/mol. The number of hydrogen-bond donors (Lipinski definition) is 1. The summed E-state index contributed by atoms with van der Waals surface area (Å²) in [6.07, 6.45) is 1.01. The molecule has 1 aliphatic rings. The Morgan fingerprint density at radius 2 is 2.06 bits per heavy atom. The molecule has 0 saturated carbocycles. The van der Waals surface area contributed by atoms with E-state index in [1.807, 2.05) is 37.4 Å². The van der Waals surface area contributed by atoms with Crippen molar-refractivity contribution in [2.45, 2.75) is 24.7 Å². The molecule has 0 bridgehead atoms. The first kappa shape index (κ1) is 22.7. The van der Waals surface area contributed by atoms with Gasteiger partial charge in [0.25, 0.3) is 0 Å². The average Bonchev–Trinajstić information content (AvgIpc) is 3.43. The zero-order valence-corrected chi connectivity index (χ0v) is 20.2. The summed E-state index contributed by atoms with van der Waals surface area (Å²) in [5.41, 5.74) is 2.10. The minimum atomic E-state index is 0.256. The summed E-state index contributed by atoms with van der Waals surface area (Å²) in [4.78, 5) is 0. The molecule has 32 heavy (non-hydrogen) atoms. The van der Waals surface area contributed by atoms with Crippen LogP contribution in [0, 0.1) is 0 Å². The summed E-state index contributed by atoms with van der Waals surface area (Å²) in [6, 6.07) is 9.83. The van der Waals surface area contributed by atoms with Crippen LogP contribution < -0.4 is 24.3 Å². The molecule has 9 nitrogen and oxygen atoms in total. The fraction of sp³-hybridized carbons (Fsp3) is 0.381. The summed E-state index contributed by atoms with van der Waals surface area (Å²) >= 11 is 5.27. The second kappa shape index (κ2) is 10.9. The Labute approximate surface area is 198 Å². The Balaban J connectivity index is 1.27. The second-order valence-corrected chi connectivity index (χ2v) is 8.97. The van der Waals surface area contributed by atoms with E-state index in [1.165, 1.54) is 0 Å². The van der Waals surface area contributed by atoms with Crippen LogP contribution >= 0.6 is 27.7 Å². The molecule has 0 radical (unpaired) electrons. The van der Waals surface area contributed by atoms with Gasteiger partial charge >= 0.3 is 0 Å². The van der Waals surface area contributed by atoms with Gasteiger partial charge in [0.05, 0.1) is 11.6 Å². The first-order valence-corrected chi connectivity index (χ1v) is 11.9. The summed E-state index contributed by atoms with van der Waals surface area (Å²) in [7, 11) is 3.49. The Morgan fingerprint density at radius 1 is 1.19 bits per heavy atom. The normalized spacial score (nSPS) is 12.2. The van der Waals surface area contributed by atoms with Crippen molar-refractivity contribution in [1.29, 1.82) is 0 Å². The summed E-state index contributed by atoms with van der Waals surface area (Å²) in [5.74, 6) is 3.80. The van der Waals surface area contributed by atoms with Crippen molar-refractivity contribution in [2.24, 2.45) is 7.05 Å². The average molecular weight is 522 g/mol. The Morgan fingerprint density at radius 3 is 2.88 bits per heavy atom. The Hall–Kier alpha value is -2.50. The topological polar surface area (TPSA) is 92.6 Å². The van der Waals surface area contributed by atoms with Gasteiger partial charge in [0.2, 0.25) is 11.9 Å². The standard InChI is InChI=1S/C21H24BrN5O4S/c1-27-21(24-25-26-27)32-7-3-6-23-11-15-8-16(22)20(19(10-15)28-2)29-12-14-4-5-17-18(9-14)31-13-30-17/h4-5,8-10,23H,3,6-7,11-13H2,1-2H3. The Kier molecular flexibility index (Phi) is 7.72. The maximum absolute atomic E-state index is 6.05. The van der Waals surface area contributed by atoms with Crippen molar-refractivity contribution in [1.82, 2.24) is 25.5 Å². The number of methoxy groups -OCH3 is 1. The molecule has 3 aromatic rings. The van der Waals surface area contributed by atoms with Gasteiger partial charge in [-0.1, -0.05) is 17.8 Å². The maximum atomic E-state index is 6.05. The van der Waals surface area contributed by atoms with E-state index in [2.05, 4.69) is 36.8 Å². The van der Waals surface area contributed by atoms with E-state index in [4.69, 9.17) is 18.9 Å². The van der Waals surface area contributed by atoms with Gasteiger partial charge in [0, 0.05) is 19.3 Å². The first-order chi connectivity index (χ1) is 15.6. The summed E-state index contributed by atoms with van der Waals surface area (Å²) in [5, 5.41) is 15.7. The maximum Gasteiger partial charge on any atom is 0.231 e. The highest BCUT2D eigenvalue weighted by Crippen LogP contribution is 2.38. The molecule has 1 aromatic heterocycles. The molecule has 0 saturated heterocycles. The van der Waals surface area contributed by atoms with Crippen LogP contribution in [0.4, 0.5) is 0 Å². The van der Waals surface area contributed by atoms with Crippen LogP contribution in [-0.4, -0.2) is 46.4 Å². The third-order valence-corrected chi connectivity index (χ3v) is 6.43. The van der Waals surface area contributed by atoms with Crippen LogP contribution in [0.15, 0.2) is 40.0 Å². The molecule has 2 aromatic carbocycles. The SMILES string of the molecule is COc1cc(CNCCCSc2nnnn2C)cc(Br)c1OCc1ccc2c(c1)OCO2. The molecule has 0 spiro atoms. The molecular formula is C21H24BrN5O4S. The number of ether oxygens (including phenoxy) is 4. The minimum absolute atomic E-state index is 0.256. The van der Waals surface area contributed by atoms with E-state index >= 15 is 0 Å². The number of nitrogens with zero attached hydrogens (tertiary/aromatic N) is 4. The molecule has 4 rings (SSSR count). The molecular weight excluding hydrogens is 498 g/mol. The van der Waals surface area contributed by atoms with Gasteiger partial charge in [0.1, 0.15) is 6.61 Å². The van der Waals surface area contributed by atoms with E-state index in [9.17, 15) is 0 Å². The quantitative estimate of drug-likeness (QED) is 0.300. The molecule has 0 aliphatic carbocycles. The highest BCUT2D eigenvalue weighted by molar-refractivity contribution is 9.10. The van der Waals surface area contributed by atoms with E-state index < -0.39 is 0 Å². The predicted molar refractivity (Wildman–Crippen MR) is 123 cm³/mol.